The number of thioether (sulfide) groups is 1. The lowest BCUT2D eigenvalue weighted by molar-refractivity contribution is 0.270. The van der Waals surface area contributed by atoms with Crippen molar-refractivity contribution in [2.24, 2.45) is 0 Å². The fourth-order valence-electron chi connectivity index (χ4n) is 1.39. The first-order chi connectivity index (χ1) is 8.63. The first kappa shape index (κ1) is 13.0. The van der Waals surface area contributed by atoms with Gasteiger partial charge in [0.25, 0.3) is 5.24 Å². The van der Waals surface area contributed by atoms with Gasteiger partial charge in [0.1, 0.15) is 0 Å². The van der Waals surface area contributed by atoms with Crippen LogP contribution in [0.5, 0.6) is 0 Å². The quantitative estimate of drug-likeness (QED) is 0.785. The minimum Gasteiger partial charge on any atom is -0.317 e. The Morgan fingerprint density at radius 3 is 2.28 bits per heavy atom. The van der Waals surface area contributed by atoms with Crippen LogP contribution in [0.25, 0.3) is 0 Å². The van der Waals surface area contributed by atoms with Crippen LogP contribution < -0.4 is 5.32 Å². The van der Waals surface area contributed by atoms with Gasteiger partial charge >= 0.3 is 0 Å². The van der Waals surface area contributed by atoms with Gasteiger partial charge in [-0.25, -0.2) is 0 Å². The summed E-state index contributed by atoms with van der Waals surface area (Å²) in [5.74, 6) is 0. The maximum absolute atomic E-state index is 11.8. The molecule has 1 N–H and O–H groups in total. The molecule has 0 fully saturated rings. The standard InChI is InChI=1S/C14H12ClNOS/c1-10-2-6-12(7-3-10)16-14(17)18-13-8-4-11(15)5-9-13/h2-9H,1H3,(H,16,17). The second-order valence-corrected chi connectivity index (χ2v) is 5.32. The van der Waals surface area contributed by atoms with Crippen LogP contribution in [-0.4, -0.2) is 5.24 Å². The van der Waals surface area contributed by atoms with Crippen LogP contribution in [0.4, 0.5) is 10.5 Å². The predicted octanol–water partition coefficient (Wildman–Crippen LogP) is 4.97. The summed E-state index contributed by atoms with van der Waals surface area (Å²) in [5.41, 5.74) is 1.96. The first-order valence-corrected chi connectivity index (χ1v) is 6.64. The van der Waals surface area contributed by atoms with E-state index in [0.717, 1.165) is 22.3 Å². The Hall–Kier alpha value is -1.45. The fraction of sp³-hybridized carbons (Fsp3) is 0.0714. The molecule has 0 spiro atoms. The number of rotatable bonds is 2. The molecular formula is C14H12ClNOS. The van der Waals surface area contributed by atoms with Crippen molar-refractivity contribution in [3.05, 3.63) is 59.1 Å². The van der Waals surface area contributed by atoms with Gasteiger partial charge in [-0.1, -0.05) is 29.3 Å². The molecular weight excluding hydrogens is 266 g/mol. The average Bonchev–Trinajstić information content (AvgIpc) is 2.35. The number of carbonyl (C=O) groups is 1. The normalized spacial score (nSPS) is 10.1. The van der Waals surface area contributed by atoms with Crippen LogP contribution in [0.15, 0.2) is 53.4 Å². The molecule has 0 radical (unpaired) electrons. The summed E-state index contributed by atoms with van der Waals surface area (Å²) < 4.78 is 0. The number of aryl methyl sites for hydroxylation is 1. The van der Waals surface area contributed by atoms with Gasteiger partial charge in [0, 0.05) is 15.6 Å². The first-order valence-electron chi connectivity index (χ1n) is 5.44. The largest absolute Gasteiger partial charge is 0.317 e. The van der Waals surface area contributed by atoms with Crippen molar-refractivity contribution in [3.8, 4) is 0 Å². The SMILES string of the molecule is Cc1ccc(NC(=O)Sc2ccc(Cl)cc2)cc1. The third-order valence-corrected chi connectivity index (χ3v) is 3.37. The zero-order valence-corrected chi connectivity index (χ0v) is 11.4. The van der Waals surface area contributed by atoms with E-state index in [4.69, 9.17) is 11.6 Å². The number of carbonyl (C=O) groups excluding carboxylic acids is 1. The van der Waals surface area contributed by atoms with Crippen molar-refractivity contribution < 1.29 is 4.79 Å². The summed E-state index contributed by atoms with van der Waals surface area (Å²) in [6, 6.07) is 14.9. The van der Waals surface area contributed by atoms with Gasteiger partial charge in [0.2, 0.25) is 0 Å². The Morgan fingerprint density at radius 2 is 1.67 bits per heavy atom. The van der Waals surface area contributed by atoms with E-state index in [0.29, 0.717) is 5.02 Å². The van der Waals surface area contributed by atoms with Crippen molar-refractivity contribution in [2.45, 2.75) is 11.8 Å². The van der Waals surface area contributed by atoms with E-state index in [1.807, 2.05) is 43.3 Å². The molecule has 0 saturated heterocycles. The maximum atomic E-state index is 11.8. The van der Waals surface area contributed by atoms with Gasteiger partial charge in [-0.3, -0.25) is 4.79 Å². The number of benzene rings is 2. The molecule has 92 valence electrons. The second kappa shape index (κ2) is 5.94. The summed E-state index contributed by atoms with van der Waals surface area (Å²) in [4.78, 5) is 12.6. The Bertz CT molecular complexity index is 487. The van der Waals surface area contributed by atoms with E-state index in [1.54, 1.807) is 12.1 Å². The van der Waals surface area contributed by atoms with Crippen LogP contribution in [-0.2, 0) is 0 Å². The lowest BCUT2D eigenvalue weighted by Crippen LogP contribution is -2.04. The molecule has 0 aliphatic carbocycles. The highest BCUT2D eigenvalue weighted by Crippen LogP contribution is 2.22. The van der Waals surface area contributed by atoms with Gasteiger partial charge < -0.3 is 5.32 Å². The molecule has 0 saturated carbocycles. The van der Waals surface area contributed by atoms with Crippen LogP contribution in [0.3, 0.4) is 0 Å². The van der Waals surface area contributed by atoms with Gasteiger partial charge in [-0.05, 0) is 55.1 Å². The molecule has 1 amide bonds. The van der Waals surface area contributed by atoms with E-state index in [9.17, 15) is 4.79 Å². The molecule has 2 nitrogen and oxygen atoms in total. The maximum Gasteiger partial charge on any atom is 0.288 e. The van der Waals surface area contributed by atoms with E-state index in [2.05, 4.69) is 5.32 Å². The van der Waals surface area contributed by atoms with Gasteiger partial charge in [-0.15, -0.1) is 0 Å². The van der Waals surface area contributed by atoms with E-state index < -0.39 is 0 Å². The number of hydrogen-bond donors (Lipinski definition) is 1. The van der Waals surface area contributed by atoms with Gasteiger partial charge in [0.15, 0.2) is 0 Å². The zero-order valence-electron chi connectivity index (χ0n) is 9.81. The summed E-state index contributed by atoms with van der Waals surface area (Å²) in [6.45, 7) is 2.01. The topological polar surface area (TPSA) is 29.1 Å². The van der Waals surface area contributed by atoms with E-state index in [1.165, 1.54) is 5.56 Å². The number of nitrogens with one attached hydrogen (secondary N) is 1. The summed E-state index contributed by atoms with van der Waals surface area (Å²) >= 11 is 6.93. The second-order valence-electron chi connectivity index (χ2n) is 3.83. The highest BCUT2D eigenvalue weighted by Gasteiger charge is 2.04. The summed E-state index contributed by atoms with van der Waals surface area (Å²) in [5, 5.41) is 3.38. The number of anilines is 1. The summed E-state index contributed by atoms with van der Waals surface area (Å²) in [7, 11) is 0. The molecule has 18 heavy (non-hydrogen) atoms. The highest BCUT2D eigenvalue weighted by molar-refractivity contribution is 8.13. The average molecular weight is 278 g/mol. The number of hydrogen-bond acceptors (Lipinski definition) is 2. The minimum absolute atomic E-state index is 0.110. The van der Waals surface area contributed by atoms with E-state index >= 15 is 0 Å². The molecule has 2 rings (SSSR count). The van der Waals surface area contributed by atoms with E-state index in [-0.39, 0.29) is 5.24 Å². The van der Waals surface area contributed by atoms with Crippen molar-refractivity contribution in [2.75, 3.05) is 5.32 Å². The smallest absolute Gasteiger partial charge is 0.288 e. The number of amides is 1. The minimum atomic E-state index is -0.110. The van der Waals surface area contributed by atoms with Crippen molar-refractivity contribution in [1.29, 1.82) is 0 Å². The number of halogens is 1. The van der Waals surface area contributed by atoms with Crippen LogP contribution in [0, 0.1) is 6.92 Å². The van der Waals surface area contributed by atoms with Crippen molar-refractivity contribution in [1.82, 2.24) is 0 Å². The van der Waals surface area contributed by atoms with Crippen molar-refractivity contribution in [3.63, 3.8) is 0 Å². The lowest BCUT2D eigenvalue weighted by atomic mass is 10.2. The summed E-state index contributed by atoms with van der Waals surface area (Å²) in [6.07, 6.45) is 0. The predicted molar refractivity (Wildman–Crippen MR) is 77.5 cm³/mol. The molecule has 0 aliphatic rings. The molecule has 0 aromatic heterocycles. The molecule has 0 bridgehead atoms. The molecule has 0 heterocycles. The molecule has 0 aliphatic heterocycles. The Kier molecular flexibility index (Phi) is 4.28. The lowest BCUT2D eigenvalue weighted by Gasteiger charge is -2.05. The monoisotopic (exact) mass is 277 g/mol. The molecule has 0 atom stereocenters. The van der Waals surface area contributed by atoms with Gasteiger partial charge in [0.05, 0.1) is 0 Å². The third-order valence-electron chi connectivity index (χ3n) is 2.32. The molecule has 4 heteroatoms. The molecule has 2 aromatic rings. The van der Waals surface area contributed by atoms with Crippen molar-refractivity contribution >= 4 is 34.3 Å². The van der Waals surface area contributed by atoms with Crippen LogP contribution >= 0.6 is 23.4 Å². The van der Waals surface area contributed by atoms with Crippen LogP contribution in [0.1, 0.15) is 5.56 Å². The van der Waals surface area contributed by atoms with Crippen LogP contribution in [0.2, 0.25) is 5.02 Å². The third kappa shape index (κ3) is 3.79. The fourth-order valence-corrected chi connectivity index (χ4v) is 2.17. The zero-order chi connectivity index (χ0) is 13.0. The Labute approximate surface area is 115 Å². The van der Waals surface area contributed by atoms with Gasteiger partial charge in [-0.2, -0.15) is 0 Å². The molecule has 2 aromatic carbocycles. The Balaban J connectivity index is 1.96. The Morgan fingerprint density at radius 1 is 1.06 bits per heavy atom. The highest BCUT2D eigenvalue weighted by atomic mass is 35.5. The molecule has 0 unspecified atom stereocenters.